The largest absolute Gasteiger partial charge is 0.493 e. The number of carbonyl (C=O) groups excluding carboxylic acids is 1. The number of benzene rings is 3. The average molecular weight is 594 g/mol. The first kappa shape index (κ1) is 31.7. The van der Waals surface area contributed by atoms with Crippen LogP contribution in [0.25, 0.3) is 0 Å². The molecular weight excluding hydrogens is 550 g/mol. The Bertz CT molecular complexity index is 1380. The van der Waals surface area contributed by atoms with Crippen molar-refractivity contribution >= 4 is 5.91 Å². The molecule has 1 aliphatic heterocycles. The highest BCUT2D eigenvalue weighted by molar-refractivity contribution is 5.96. The first-order valence-electron chi connectivity index (χ1n) is 14.8. The summed E-state index contributed by atoms with van der Waals surface area (Å²) in [6.45, 7) is 10.4. The number of methoxy groups -OCH3 is 3. The molecule has 3 aromatic carbocycles. The van der Waals surface area contributed by atoms with Crippen LogP contribution < -0.4 is 33.2 Å². The molecule has 0 bridgehead atoms. The van der Waals surface area contributed by atoms with Crippen molar-refractivity contribution in [2.24, 2.45) is 0 Å². The summed E-state index contributed by atoms with van der Waals surface area (Å²) < 4.78 is 40.2. The van der Waals surface area contributed by atoms with Crippen LogP contribution in [0.2, 0.25) is 0 Å². The number of fused-ring (bicyclic) bond motifs is 1. The monoisotopic (exact) mass is 593 g/mol. The highest BCUT2D eigenvalue weighted by Crippen LogP contribution is 2.43. The second-order valence-corrected chi connectivity index (χ2v) is 9.89. The number of hydrogen-bond donors (Lipinski definition) is 0. The summed E-state index contributed by atoms with van der Waals surface area (Å²) in [5, 5.41) is 0. The van der Waals surface area contributed by atoms with Gasteiger partial charge in [0.25, 0.3) is 5.91 Å². The van der Waals surface area contributed by atoms with Crippen LogP contribution in [0.15, 0.2) is 42.5 Å². The average Bonchev–Trinajstić information content (AvgIpc) is 3.02. The molecule has 1 aliphatic rings. The molecule has 1 atom stereocenters. The summed E-state index contributed by atoms with van der Waals surface area (Å²) in [5.41, 5.74) is 3.60. The molecule has 1 heterocycles. The summed E-state index contributed by atoms with van der Waals surface area (Å²) in [6.07, 6.45) is 1.22. The maximum absolute atomic E-state index is 14.3. The lowest BCUT2D eigenvalue weighted by atomic mass is 9.87. The molecule has 9 nitrogen and oxygen atoms in total. The molecule has 0 N–H and O–H groups in total. The Labute approximate surface area is 254 Å². The Morgan fingerprint density at radius 2 is 1.26 bits per heavy atom. The number of carbonyl (C=O) groups is 1. The second kappa shape index (κ2) is 14.8. The van der Waals surface area contributed by atoms with Crippen LogP contribution in [0, 0.1) is 0 Å². The zero-order valence-corrected chi connectivity index (χ0v) is 26.3. The normalized spacial score (nSPS) is 14.0. The Morgan fingerprint density at radius 1 is 0.698 bits per heavy atom. The molecule has 0 saturated heterocycles. The summed E-state index contributed by atoms with van der Waals surface area (Å²) in [4.78, 5) is 16.2. The molecule has 232 valence electrons. The lowest BCUT2D eigenvalue weighted by Gasteiger charge is -2.38. The summed E-state index contributed by atoms with van der Waals surface area (Å²) in [7, 11) is 4.62. The lowest BCUT2D eigenvalue weighted by molar-refractivity contribution is 0.0658. The third kappa shape index (κ3) is 6.87. The summed E-state index contributed by atoms with van der Waals surface area (Å²) in [6, 6.07) is 13.2. The van der Waals surface area contributed by atoms with Gasteiger partial charge in [-0.05, 0) is 93.6 Å². The van der Waals surface area contributed by atoms with Crippen molar-refractivity contribution in [2.45, 2.75) is 46.6 Å². The van der Waals surface area contributed by atoms with E-state index in [4.69, 9.17) is 33.2 Å². The van der Waals surface area contributed by atoms with Crippen molar-refractivity contribution in [3.05, 3.63) is 64.7 Å². The van der Waals surface area contributed by atoms with Gasteiger partial charge in [-0.1, -0.05) is 6.07 Å². The molecule has 3 aromatic rings. The predicted octanol–water partition coefficient (Wildman–Crippen LogP) is 6.29. The number of hydrogen-bond acceptors (Lipinski definition) is 8. The number of rotatable bonds is 14. The predicted molar refractivity (Wildman–Crippen MR) is 165 cm³/mol. The van der Waals surface area contributed by atoms with E-state index in [2.05, 4.69) is 6.07 Å². The minimum absolute atomic E-state index is 0.141. The minimum Gasteiger partial charge on any atom is -0.493 e. The van der Waals surface area contributed by atoms with E-state index in [9.17, 15) is 4.79 Å². The van der Waals surface area contributed by atoms with E-state index >= 15 is 0 Å². The van der Waals surface area contributed by atoms with Crippen molar-refractivity contribution in [2.75, 3.05) is 54.3 Å². The molecule has 4 rings (SSSR count). The van der Waals surface area contributed by atoms with Crippen molar-refractivity contribution in [1.29, 1.82) is 0 Å². The van der Waals surface area contributed by atoms with Gasteiger partial charge in [0.15, 0.2) is 34.5 Å². The molecule has 9 heteroatoms. The maximum atomic E-state index is 14.3. The van der Waals surface area contributed by atoms with Crippen LogP contribution in [-0.4, -0.2) is 65.1 Å². The first-order valence-corrected chi connectivity index (χ1v) is 14.8. The van der Waals surface area contributed by atoms with Crippen LogP contribution in [0.3, 0.4) is 0 Å². The van der Waals surface area contributed by atoms with Crippen molar-refractivity contribution in [3.8, 4) is 40.2 Å². The third-order valence-corrected chi connectivity index (χ3v) is 7.37. The zero-order valence-electron chi connectivity index (χ0n) is 26.3. The van der Waals surface area contributed by atoms with Gasteiger partial charge in [-0.15, -0.1) is 0 Å². The van der Waals surface area contributed by atoms with Crippen LogP contribution >= 0.6 is 0 Å². The van der Waals surface area contributed by atoms with Gasteiger partial charge >= 0.3 is 0 Å². The molecule has 0 unspecified atom stereocenters. The van der Waals surface area contributed by atoms with Crippen molar-refractivity contribution < 1.29 is 38.0 Å². The van der Waals surface area contributed by atoms with Crippen LogP contribution in [0.1, 0.15) is 60.8 Å². The molecule has 0 spiro atoms. The molecule has 0 radical (unpaired) electrons. The fraction of sp³-hybridized carbons (Fsp3) is 0.441. The van der Waals surface area contributed by atoms with E-state index in [1.807, 2.05) is 56.9 Å². The SMILES string of the molecule is CCOc1ccc(C[C@H]2c3cc(OCC)c(OCC)cc3CCN2C(=O)c2cc(OC)c(OC)c(OC)c2)cc1OCC. The van der Waals surface area contributed by atoms with Crippen molar-refractivity contribution in [1.82, 2.24) is 4.90 Å². The lowest BCUT2D eigenvalue weighted by Crippen LogP contribution is -2.41. The minimum atomic E-state index is -0.294. The fourth-order valence-corrected chi connectivity index (χ4v) is 5.53. The molecule has 0 aromatic heterocycles. The maximum Gasteiger partial charge on any atom is 0.254 e. The van der Waals surface area contributed by atoms with E-state index in [1.165, 1.54) is 0 Å². The van der Waals surface area contributed by atoms with Gasteiger partial charge in [-0.3, -0.25) is 4.79 Å². The second-order valence-electron chi connectivity index (χ2n) is 9.89. The van der Waals surface area contributed by atoms with Gasteiger partial charge in [0.2, 0.25) is 5.75 Å². The van der Waals surface area contributed by atoms with Gasteiger partial charge < -0.3 is 38.1 Å². The highest BCUT2D eigenvalue weighted by Gasteiger charge is 2.34. The number of nitrogens with zero attached hydrogens (tertiary/aromatic N) is 1. The standard InChI is InChI=1S/C34H43NO8/c1-8-40-27-13-12-22(17-28(27)41-9-2)16-26-25-21-30(43-11-4)29(42-10-3)18-23(25)14-15-35(26)34(36)24-19-31(37-5)33(39-7)32(20-24)38-6/h12-13,17-21,26H,8-11,14-16H2,1-7H3/t26-/m0/s1. The fourth-order valence-electron chi connectivity index (χ4n) is 5.53. The van der Waals surface area contributed by atoms with Gasteiger partial charge in [0.05, 0.1) is 53.8 Å². The molecule has 0 fully saturated rings. The van der Waals surface area contributed by atoms with E-state index in [-0.39, 0.29) is 11.9 Å². The van der Waals surface area contributed by atoms with E-state index < -0.39 is 0 Å². The van der Waals surface area contributed by atoms with Crippen LogP contribution in [0.5, 0.6) is 40.2 Å². The molecular formula is C34H43NO8. The van der Waals surface area contributed by atoms with E-state index in [1.54, 1.807) is 33.5 Å². The quantitative estimate of drug-likeness (QED) is 0.216. The summed E-state index contributed by atoms with van der Waals surface area (Å²) >= 11 is 0. The molecule has 0 aliphatic carbocycles. The number of amides is 1. The molecule has 1 amide bonds. The Kier molecular flexibility index (Phi) is 10.9. The summed E-state index contributed by atoms with van der Waals surface area (Å²) in [5.74, 6) is 3.90. The Hall–Kier alpha value is -4.27. The van der Waals surface area contributed by atoms with Gasteiger partial charge in [0.1, 0.15) is 0 Å². The molecule has 0 saturated carbocycles. The highest BCUT2D eigenvalue weighted by atomic mass is 16.5. The topological polar surface area (TPSA) is 84.9 Å². The van der Waals surface area contributed by atoms with Gasteiger partial charge in [-0.2, -0.15) is 0 Å². The van der Waals surface area contributed by atoms with Crippen molar-refractivity contribution in [3.63, 3.8) is 0 Å². The van der Waals surface area contributed by atoms with Crippen LogP contribution in [-0.2, 0) is 12.8 Å². The first-order chi connectivity index (χ1) is 20.9. The van der Waals surface area contributed by atoms with Gasteiger partial charge in [-0.25, -0.2) is 0 Å². The smallest absolute Gasteiger partial charge is 0.254 e. The Morgan fingerprint density at radius 3 is 1.81 bits per heavy atom. The third-order valence-electron chi connectivity index (χ3n) is 7.37. The Balaban J connectivity index is 1.82. The molecule has 43 heavy (non-hydrogen) atoms. The van der Waals surface area contributed by atoms with Gasteiger partial charge in [0, 0.05) is 12.1 Å². The van der Waals surface area contributed by atoms with E-state index in [0.29, 0.717) is 91.6 Å². The number of ether oxygens (including phenoxy) is 7. The van der Waals surface area contributed by atoms with E-state index in [0.717, 1.165) is 16.7 Å². The zero-order chi connectivity index (χ0) is 30.9. The van der Waals surface area contributed by atoms with Crippen LogP contribution in [0.4, 0.5) is 0 Å².